The normalized spacial score (nSPS) is 12.8. The van der Waals surface area contributed by atoms with Gasteiger partial charge in [-0.1, -0.05) is 12.1 Å². The van der Waals surface area contributed by atoms with E-state index in [0.29, 0.717) is 5.75 Å². The van der Waals surface area contributed by atoms with Gasteiger partial charge in [-0.15, -0.1) is 0 Å². The molecule has 1 aromatic carbocycles. The SMILES string of the molecule is CSCC[C@@H](NC(=O)c1ccccc1C(F)(F)F)C(=O)O. The van der Waals surface area contributed by atoms with Gasteiger partial charge in [0.1, 0.15) is 6.04 Å². The van der Waals surface area contributed by atoms with Gasteiger partial charge in [0.15, 0.2) is 0 Å². The highest BCUT2D eigenvalue weighted by atomic mass is 32.2. The lowest BCUT2D eigenvalue weighted by atomic mass is 10.1. The molecule has 4 nitrogen and oxygen atoms in total. The molecule has 0 aliphatic carbocycles. The topological polar surface area (TPSA) is 66.4 Å². The minimum Gasteiger partial charge on any atom is -0.480 e. The highest BCUT2D eigenvalue weighted by Gasteiger charge is 2.35. The van der Waals surface area contributed by atoms with Gasteiger partial charge in [0.05, 0.1) is 11.1 Å². The van der Waals surface area contributed by atoms with Crippen LogP contribution in [-0.4, -0.2) is 35.0 Å². The summed E-state index contributed by atoms with van der Waals surface area (Å²) in [5.74, 6) is -1.85. The van der Waals surface area contributed by atoms with E-state index in [0.717, 1.165) is 12.1 Å². The molecule has 1 atom stereocenters. The third-order valence-corrected chi connectivity index (χ3v) is 3.34. The van der Waals surface area contributed by atoms with Crippen LogP contribution in [0.25, 0.3) is 0 Å². The zero-order valence-corrected chi connectivity index (χ0v) is 11.9. The van der Waals surface area contributed by atoms with Crippen molar-refractivity contribution in [1.29, 1.82) is 0 Å². The molecule has 1 rings (SSSR count). The molecule has 21 heavy (non-hydrogen) atoms. The number of benzene rings is 1. The van der Waals surface area contributed by atoms with Crippen molar-refractivity contribution >= 4 is 23.6 Å². The van der Waals surface area contributed by atoms with E-state index in [-0.39, 0.29) is 6.42 Å². The number of hydrogen-bond acceptors (Lipinski definition) is 3. The number of carbonyl (C=O) groups excluding carboxylic acids is 1. The van der Waals surface area contributed by atoms with Gasteiger partial charge in [0.25, 0.3) is 5.91 Å². The van der Waals surface area contributed by atoms with Crippen LogP contribution in [0.1, 0.15) is 22.3 Å². The van der Waals surface area contributed by atoms with Crippen molar-refractivity contribution in [1.82, 2.24) is 5.32 Å². The third-order valence-electron chi connectivity index (χ3n) is 2.69. The Morgan fingerprint density at radius 3 is 2.48 bits per heavy atom. The summed E-state index contributed by atoms with van der Waals surface area (Å²) in [5.41, 5.74) is -1.67. The lowest BCUT2D eigenvalue weighted by Crippen LogP contribution is -2.41. The summed E-state index contributed by atoms with van der Waals surface area (Å²) in [5, 5.41) is 11.1. The Bertz CT molecular complexity index is 520. The van der Waals surface area contributed by atoms with Gasteiger partial charge >= 0.3 is 12.1 Å². The molecule has 0 saturated carbocycles. The molecule has 1 amide bonds. The van der Waals surface area contributed by atoms with Gasteiger partial charge in [-0.2, -0.15) is 24.9 Å². The highest BCUT2D eigenvalue weighted by molar-refractivity contribution is 7.98. The van der Waals surface area contributed by atoms with Gasteiger partial charge in [0.2, 0.25) is 0 Å². The zero-order valence-electron chi connectivity index (χ0n) is 11.1. The average Bonchev–Trinajstić information content (AvgIpc) is 2.42. The number of amides is 1. The van der Waals surface area contributed by atoms with Crippen LogP contribution in [0.4, 0.5) is 13.2 Å². The van der Waals surface area contributed by atoms with Gasteiger partial charge in [-0.05, 0) is 30.6 Å². The van der Waals surface area contributed by atoms with Crippen molar-refractivity contribution < 1.29 is 27.9 Å². The Balaban J connectivity index is 2.96. The van der Waals surface area contributed by atoms with Gasteiger partial charge < -0.3 is 10.4 Å². The first-order valence-corrected chi connectivity index (χ1v) is 7.35. The quantitative estimate of drug-likeness (QED) is 0.845. The largest absolute Gasteiger partial charge is 0.480 e. The number of halogens is 3. The van der Waals surface area contributed by atoms with Crippen LogP contribution in [-0.2, 0) is 11.0 Å². The minimum absolute atomic E-state index is 0.135. The standard InChI is InChI=1S/C13H14F3NO3S/c1-21-7-6-10(12(19)20)17-11(18)8-4-2-3-5-9(8)13(14,15)16/h2-5,10H,6-7H2,1H3,(H,17,18)(H,19,20)/t10-/m1/s1. The van der Waals surface area contributed by atoms with Crippen molar-refractivity contribution in [3.63, 3.8) is 0 Å². The number of alkyl halides is 3. The second-order valence-electron chi connectivity index (χ2n) is 4.19. The molecule has 116 valence electrons. The first-order valence-electron chi connectivity index (χ1n) is 5.96. The number of aliphatic carboxylic acids is 1. The summed E-state index contributed by atoms with van der Waals surface area (Å²) < 4.78 is 38.4. The fourth-order valence-electron chi connectivity index (χ4n) is 1.66. The molecule has 0 aromatic heterocycles. The molecular weight excluding hydrogens is 307 g/mol. The van der Waals surface area contributed by atoms with Crippen LogP contribution in [0.3, 0.4) is 0 Å². The predicted octanol–water partition coefficient (Wildman–Crippen LogP) is 2.64. The fourth-order valence-corrected chi connectivity index (χ4v) is 2.13. The zero-order chi connectivity index (χ0) is 16.0. The molecule has 0 bridgehead atoms. The Kier molecular flexibility index (Phi) is 6.07. The fraction of sp³-hybridized carbons (Fsp3) is 0.385. The van der Waals surface area contributed by atoms with Gasteiger partial charge in [-0.3, -0.25) is 4.79 Å². The molecule has 1 aromatic rings. The number of carboxylic acids is 1. The summed E-state index contributed by atoms with van der Waals surface area (Å²) in [4.78, 5) is 22.9. The molecule has 2 N–H and O–H groups in total. The first-order chi connectivity index (χ1) is 9.77. The maximum atomic E-state index is 12.8. The van der Waals surface area contributed by atoms with E-state index in [1.165, 1.54) is 23.9 Å². The van der Waals surface area contributed by atoms with E-state index in [1.54, 1.807) is 6.26 Å². The van der Waals surface area contributed by atoms with Crippen molar-refractivity contribution in [2.75, 3.05) is 12.0 Å². The van der Waals surface area contributed by atoms with Crippen molar-refractivity contribution in [2.24, 2.45) is 0 Å². The minimum atomic E-state index is -4.67. The lowest BCUT2D eigenvalue weighted by molar-refractivity contribution is -0.139. The molecule has 0 heterocycles. The molecule has 0 saturated heterocycles. The molecule has 0 fully saturated rings. The van der Waals surface area contributed by atoms with E-state index in [9.17, 15) is 22.8 Å². The number of carboxylic acid groups (broad SMARTS) is 1. The summed E-state index contributed by atoms with van der Waals surface area (Å²) in [6, 6.07) is 3.05. The number of thioether (sulfide) groups is 1. The molecule has 8 heteroatoms. The lowest BCUT2D eigenvalue weighted by Gasteiger charge is -2.16. The Morgan fingerprint density at radius 1 is 1.33 bits per heavy atom. The molecular formula is C13H14F3NO3S. The Hall–Kier alpha value is -1.70. The van der Waals surface area contributed by atoms with Crippen LogP contribution in [0.15, 0.2) is 24.3 Å². The monoisotopic (exact) mass is 321 g/mol. The van der Waals surface area contributed by atoms with Crippen molar-refractivity contribution in [3.05, 3.63) is 35.4 Å². The van der Waals surface area contributed by atoms with Crippen LogP contribution >= 0.6 is 11.8 Å². The average molecular weight is 321 g/mol. The molecule has 0 radical (unpaired) electrons. The second kappa shape index (κ2) is 7.35. The number of carbonyl (C=O) groups is 2. The van der Waals surface area contributed by atoms with Gasteiger partial charge in [0, 0.05) is 0 Å². The van der Waals surface area contributed by atoms with Crippen LogP contribution in [0.2, 0.25) is 0 Å². The Labute approximate surface area is 123 Å². The summed E-state index contributed by atoms with van der Waals surface area (Å²) in [6.07, 6.45) is -2.78. The third kappa shape index (κ3) is 4.96. The van der Waals surface area contributed by atoms with Crippen LogP contribution < -0.4 is 5.32 Å². The molecule has 0 aliphatic heterocycles. The van der Waals surface area contributed by atoms with Crippen molar-refractivity contribution in [2.45, 2.75) is 18.6 Å². The van der Waals surface area contributed by atoms with Gasteiger partial charge in [-0.25, -0.2) is 4.79 Å². The summed E-state index contributed by atoms with van der Waals surface area (Å²) >= 11 is 1.38. The smallest absolute Gasteiger partial charge is 0.417 e. The van der Waals surface area contributed by atoms with Crippen LogP contribution in [0, 0.1) is 0 Å². The van der Waals surface area contributed by atoms with Crippen LogP contribution in [0.5, 0.6) is 0 Å². The van der Waals surface area contributed by atoms with E-state index >= 15 is 0 Å². The number of hydrogen-bond donors (Lipinski definition) is 2. The summed E-state index contributed by atoms with van der Waals surface area (Å²) in [7, 11) is 0. The van der Waals surface area contributed by atoms with E-state index in [1.807, 2.05) is 0 Å². The number of nitrogens with one attached hydrogen (secondary N) is 1. The molecule has 0 aliphatic rings. The predicted molar refractivity (Wildman–Crippen MR) is 73.3 cm³/mol. The van der Waals surface area contributed by atoms with E-state index in [4.69, 9.17) is 5.11 Å². The van der Waals surface area contributed by atoms with E-state index in [2.05, 4.69) is 5.32 Å². The summed E-state index contributed by atoms with van der Waals surface area (Å²) in [6.45, 7) is 0. The maximum Gasteiger partial charge on any atom is 0.417 e. The maximum absolute atomic E-state index is 12.8. The molecule has 0 unspecified atom stereocenters. The van der Waals surface area contributed by atoms with Crippen molar-refractivity contribution in [3.8, 4) is 0 Å². The first kappa shape index (κ1) is 17.4. The molecule has 0 spiro atoms. The second-order valence-corrected chi connectivity index (χ2v) is 5.17. The highest BCUT2D eigenvalue weighted by Crippen LogP contribution is 2.31. The number of rotatable bonds is 6. The van der Waals surface area contributed by atoms with E-state index < -0.39 is 35.2 Å². The Morgan fingerprint density at radius 2 is 1.95 bits per heavy atom.